The van der Waals surface area contributed by atoms with Gasteiger partial charge in [-0.1, -0.05) is 25.5 Å². The maximum absolute atomic E-state index is 12.3. The molecule has 0 amide bonds. The van der Waals surface area contributed by atoms with Crippen molar-refractivity contribution in [2.75, 3.05) is 20.8 Å². The number of benzene rings is 2. The molecule has 0 N–H and O–H groups in total. The SMILES string of the molecule is CCCCOc1ccc(C2=NC(=Cc3cccc(OC)c3OC)C(=O)O2)cc1. The van der Waals surface area contributed by atoms with Crippen molar-refractivity contribution in [3.63, 3.8) is 0 Å². The van der Waals surface area contributed by atoms with Gasteiger partial charge in [0, 0.05) is 11.1 Å². The normalized spacial score (nSPS) is 14.6. The molecule has 0 aliphatic carbocycles. The number of carbonyl (C=O) groups excluding carboxylic acids is 1. The number of para-hydroxylation sites is 1. The Morgan fingerprint density at radius 1 is 1.07 bits per heavy atom. The Morgan fingerprint density at radius 3 is 2.54 bits per heavy atom. The van der Waals surface area contributed by atoms with E-state index >= 15 is 0 Å². The largest absolute Gasteiger partial charge is 0.494 e. The van der Waals surface area contributed by atoms with Gasteiger partial charge >= 0.3 is 5.97 Å². The van der Waals surface area contributed by atoms with E-state index in [1.165, 1.54) is 0 Å². The number of cyclic esters (lactones) is 1. The Bertz CT molecular complexity index is 900. The van der Waals surface area contributed by atoms with Crippen LogP contribution >= 0.6 is 0 Å². The number of carbonyl (C=O) groups is 1. The van der Waals surface area contributed by atoms with E-state index in [-0.39, 0.29) is 11.6 Å². The van der Waals surface area contributed by atoms with Crippen molar-refractivity contribution in [1.29, 1.82) is 0 Å². The Hall–Kier alpha value is -3.28. The van der Waals surface area contributed by atoms with E-state index in [1.807, 2.05) is 36.4 Å². The van der Waals surface area contributed by atoms with E-state index in [2.05, 4.69) is 11.9 Å². The summed E-state index contributed by atoms with van der Waals surface area (Å²) in [6.45, 7) is 2.80. The molecule has 0 bridgehead atoms. The average Bonchev–Trinajstić information content (AvgIpc) is 3.08. The van der Waals surface area contributed by atoms with E-state index in [0.29, 0.717) is 29.2 Å². The van der Waals surface area contributed by atoms with Crippen LogP contribution in [0.4, 0.5) is 0 Å². The topological polar surface area (TPSA) is 66.3 Å². The highest BCUT2D eigenvalue weighted by Crippen LogP contribution is 2.33. The van der Waals surface area contributed by atoms with Crippen molar-refractivity contribution >= 4 is 17.9 Å². The fourth-order valence-electron chi connectivity index (χ4n) is 2.73. The minimum absolute atomic E-state index is 0.199. The van der Waals surface area contributed by atoms with Crippen LogP contribution in [0.5, 0.6) is 17.2 Å². The molecule has 0 unspecified atom stereocenters. The van der Waals surface area contributed by atoms with Crippen molar-refractivity contribution in [3.8, 4) is 17.2 Å². The molecule has 1 aliphatic rings. The van der Waals surface area contributed by atoms with E-state index in [0.717, 1.165) is 18.6 Å². The van der Waals surface area contributed by atoms with Gasteiger partial charge in [-0.05, 0) is 42.8 Å². The van der Waals surface area contributed by atoms with Gasteiger partial charge in [-0.25, -0.2) is 9.79 Å². The first-order valence-corrected chi connectivity index (χ1v) is 9.13. The summed E-state index contributed by atoms with van der Waals surface area (Å²) in [6, 6.07) is 12.7. The summed E-state index contributed by atoms with van der Waals surface area (Å²) in [6.07, 6.45) is 3.71. The molecule has 0 aromatic heterocycles. The van der Waals surface area contributed by atoms with Gasteiger partial charge in [-0.3, -0.25) is 0 Å². The van der Waals surface area contributed by atoms with Crippen molar-refractivity contribution in [2.45, 2.75) is 19.8 Å². The van der Waals surface area contributed by atoms with E-state index in [1.54, 1.807) is 26.4 Å². The van der Waals surface area contributed by atoms with Crippen molar-refractivity contribution < 1.29 is 23.7 Å². The fourth-order valence-corrected chi connectivity index (χ4v) is 2.73. The molecule has 6 heteroatoms. The first-order chi connectivity index (χ1) is 13.7. The molecule has 28 heavy (non-hydrogen) atoms. The molecule has 0 saturated heterocycles. The third kappa shape index (κ3) is 4.34. The summed E-state index contributed by atoms with van der Waals surface area (Å²) in [5, 5.41) is 0. The number of methoxy groups -OCH3 is 2. The lowest BCUT2D eigenvalue weighted by molar-refractivity contribution is -0.129. The molecule has 0 fully saturated rings. The molecule has 0 saturated carbocycles. The highest BCUT2D eigenvalue weighted by Gasteiger charge is 2.25. The van der Waals surface area contributed by atoms with Gasteiger partial charge in [0.2, 0.25) is 5.90 Å². The molecule has 3 rings (SSSR count). The van der Waals surface area contributed by atoms with Gasteiger partial charge in [-0.15, -0.1) is 0 Å². The molecule has 0 atom stereocenters. The Morgan fingerprint density at radius 2 is 1.86 bits per heavy atom. The summed E-state index contributed by atoms with van der Waals surface area (Å²) in [5.41, 5.74) is 1.58. The smallest absolute Gasteiger partial charge is 0.363 e. The van der Waals surface area contributed by atoms with Crippen LogP contribution in [0.15, 0.2) is 53.2 Å². The second kappa shape index (κ2) is 9.08. The third-order valence-corrected chi connectivity index (χ3v) is 4.21. The molecular formula is C22H23NO5. The van der Waals surface area contributed by atoms with Crippen molar-refractivity contribution in [1.82, 2.24) is 0 Å². The number of ether oxygens (including phenoxy) is 4. The molecule has 2 aromatic carbocycles. The number of aliphatic imine (C=N–C) groups is 1. The van der Waals surface area contributed by atoms with Crippen molar-refractivity contribution in [3.05, 3.63) is 59.3 Å². The van der Waals surface area contributed by atoms with Crippen LogP contribution in [0.2, 0.25) is 0 Å². The number of esters is 1. The Kier molecular flexibility index (Phi) is 6.32. The van der Waals surface area contributed by atoms with Crippen LogP contribution < -0.4 is 14.2 Å². The maximum Gasteiger partial charge on any atom is 0.363 e. The molecule has 2 aromatic rings. The molecule has 146 valence electrons. The first kappa shape index (κ1) is 19.5. The lowest BCUT2D eigenvalue weighted by Gasteiger charge is -2.09. The zero-order valence-corrected chi connectivity index (χ0v) is 16.2. The van der Waals surface area contributed by atoms with Crippen molar-refractivity contribution in [2.24, 2.45) is 4.99 Å². The minimum atomic E-state index is -0.511. The van der Waals surface area contributed by atoms with Crippen LogP contribution in [-0.4, -0.2) is 32.7 Å². The van der Waals surface area contributed by atoms with E-state index in [4.69, 9.17) is 18.9 Å². The number of nitrogens with zero attached hydrogens (tertiary/aromatic N) is 1. The van der Waals surface area contributed by atoms with Gasteiger partial charge < -0.3 is 18.9 Å². The zero-order chi connectivity index (χ0) is 19.9. The zero-order valence-electron chi connectivity index (χ0n) is 16.2. The lowest BCUT2D eigenvalue weighted by Crippen LogP contribution is -2.05. The molecule has 0 spiro atoms. The molecule has 1 aliphatic heterocycles. The minimum Gasteiger partial charge on any atom is -0.494 e. The first-order valence-electron chi connectivity index (χ1n) is 9.13. The molecular weight excluding hydrogens is 358 g/mol. The third-order valence-electron chi connectivity index (χ3n) is 4.21. The van der Waals surface area contributed by atoms with Crippen LogP contribution in [0.3, 0.4) is 0 Å². The Labute approximate surface area is 164 Å². The lowest BCUT2D eigenvalue weighted by atomic mass is 10.1. The molecule has 0 radical (unpaired) electrons. The molecule has 1 heterocycles. The summed E-state index contributed by atoms with van der Waals surface area (Å²) in [5.74, 6) is 1.63. The predicted molar refractivity (Wildman–Crippen MR) is 107 cm³/mol. The highest BCUT2D eigenvalue weighted by atomic mass is 16.6. The highest BCUT2D eigenvalue weighted by molar-refractivity contribution is 6.13. The van der Waals surface area contributed by atoms with Gasteiger partial charge in [-0.2, -0.15) is 0 Å². The second-order valence-corrected chi connectivity index (χ2v) is 6.15. The number of rotatable bonds is 8. The average molecular weight is 381 g/mol. The number of unbranched alkanes of at least 4 members (excludes halogenated alkanes) is 1. The second-order valence-electron chi connectivity index (χ2n) is 6.15. The van der Waals surface area contributed by atoms with E-state index < -0.39 is 5.97 Å². The fraction of sp³-hybridized carbons (Fsp3) is 0.273. The number of hydrogen-bond donors (Lipinski definition) is 0. The number of hydrogen-bond acceptors (Lipinski definition) is 6. The van der Waals surface area contributed by atoms with Gasteiger partial charge in [0.1, 0.15) is 5.75 Å². The van der Waals surface area contributed by atoms with Crippen LogP contribution in [-0.2, 0) is 9.53 Å². The van der Waals surface area contributed by atoms with Crippen LogP contribution in [0.25, 0.3) is 6.08 Å². The van der Waals surface area contributed by atoms with Crippen LogP contribution in [0, 0.1) is 0 Å². The summed E-state index contributed by atoms with van der Waals surface area (Å²) < 4.78 is 21.7. The summed E-state index contributed by atoms with van der Waals surface area (Å²) >= 11 is 0. The summed E-state index contributed by atoms with van der Waals surface area (Å²) in [7, 11) is 3.11. The summed E-state index contributed by atoms with van der Waals surface area (Å²) in [4.78, 5) is 16.6. The maximum atomic E-state index is 12.3. The van der Waals surface area contributed by atoms with Gasteiger partial charge in [0.15, 0.2) is 17.2 Å². The standard InChI is InChI=1S/C22H23NO5/c1-4-5-13-27-17-11-9-15(10-12-17)21-23-18(22(24)28-21)14-16-7-6-8-19(25-2)20(16)26-3/h6-12,14H,4-5,13H2,1-3H3. The predicted octanol–water partition coefficient (Wildman–Crippen LogP) is 4.23. The van der Waals surface area contributed by atoms with E-state index in [9.17, 15) is 4.79 Å². The molecule has 6 nitrogen and oxygen atoms in total. The van der Waals surface area contributed by atoms with Gasteiger partial charge in [0.05, 0.1) is 20.8 Å². The van der Waals surface area contributed by atoms with Crippen LogP contribution in [0.1, 0.15) is 30.9 Å². The van der Waals surface area contributed by atoms with Gasteiger partial charge in [0.25, 0.3) is 0 Å². The monoisotopic (exact) mass is 381 g/mol. The Balaban J connectivity index is 1.82. The quantitative estimate of drug-likeness (QED) is 0.389.